The second-order valence-electron chi connectivity index (χ2n) is 4.76. The maximum atomic E-state index is 6.04. The summed E-state index contributed by atoms with van der Waals surface area (Å²) >= 11 is 9.67. The molecular weight excluding hydrogens is 334 g/mol. The molecule has 0 spiro atoms. The third-order valence-corrected chi connectivity index (χ3v) is 4.30. The standard InChI is InChI=1S/C17H19BrClN/c1-3-12-6-5-7-13(10-12)17(20-4-2)15-9-8-14(19)11-16(15)18/h5-11,17,20H,3-4H2,1-2H3. The number of rotatable bonds is 5. The zero-order valence-electron chi connectivity index (χ0n) is 11.8. The van der Waals surface area contributed by atoms with Crippen molar-refractivity contribution in [2.45, 2.75) is 26.3 Å². The van der Waals surface area contributed by atoms with Gasteiger partial charge in [-0.15, -0.1) is 0 Å². The fourth-order valence-corrected chi connectivity index (χ4v) is 3.25. The van der Waals surface area contributed by atoms with Crippen LogP contribution < -0.4 is 5.32 Å². The number of hydrogen-bond donors (Lipinski definition) is 1. The highest BCUT2D eigenvalue weighted by atomic mass is 79.9. The van der Waals surface area contributed by atoms with Crippen LogP contribution in [0.15, 0.2) is 46.9 Å². The molecule has 2 aromatic rings. The lowest BCUT2D eigenvalue weighted by Crippen LogP contribution is -2.22. The molecule has 2 rings (SSSR count). The Morgan fingerprint density at radius 3 is 2.60 bits per heavy atom. The molecule has 0 amide bonds. The van der Waals surface area contributed by atoms with Gasteiger partial charge in [0.05, 0.1) is 6.04 Å². The van der Waals surface area contributed by atoms with Crippen LogP contribution in [0.1, 0.15) is 36.6 Å². The molecule has 0 aliphatic rings. The molecule has 1 nitrogen and oxygen atoms in total. The minimum Gasteiger partial charge on any atom is -0.306 e. The van der Waals surface area contributed by atoms with Crippen molar-refractivity contribution in [2.75, 3.05) is 6.54 Å². The molecule has 3 heteroatoms. The van der Waals surface area contributed by atoms with E-state index in [9.17, 15) is 0 Å². The lowest BCUT2D eigenvalue weighted by Gasteiger charge is -2.21. The third kappa shape index (κ3) is 3.63. The predicted molar refractivity (Wildman–Crippen MR) is 90.5 cm³/mol. The molecule has 0 aliphatic heterocycles. The lowest BCUT2D eigenvalue weighted by molar-refractivity contribution is 0.628. The maximum absolute atomic E-state index is 6.04. The smallest absolute Gasteiger partial charge is 0.0587 e. The van der Waals surface area contributed by atoms with Gasteiger partial charge in [0, 0.05) is 9.50 Å². The average molecular weight is 353 g/mol. The summed E-state index contributed by atoms with van der Waals surface area (Å²) in [5, 5.41) is 4.30. The van der Waals surface area contributed by atoms with E-state index in [-0.39, 0.29) is 6.04 Å². The van der Waals surface area contributed by atoms with Crippen LogP contribution in [0.4, 0.5) is 0 Å². The minimum absolute atomic E-state index is 0.179. The van der Waals surface area contributed by atoms with Gasteiger partial charge in [0.1, 0.15) is 0 Å². The molecule has 0 saturated carbocycles. The summed E-state index contributed by atoms with van der Waals surface area (Å²) in [4.78, 5) is 0. The number of halogens is 2. The van der Waals surface area contributed by atoms with Crippen molar-refractivity contribution in [3.05, 3.63) is 68.7 Å². The van der Waals surface area contributed by atoms with Crippen molar-refractivity contribution in [3.8, 4) is 0 Å². The molecule has 0 saturated heterocycles. The van der Waals surface area contributed by atoms with Gasteiger partial charge >= 0.3 is 0 Å². The van der Waals surface area contributed by atoms with Gasteiger partial charge in [0.15, 0.2) is 0 Å². The summed E-state index contributed by atoms with van der Waals surface area (Å²) in [7, 11) is 0. The van der Waals surface area contributed by atoms with Crippen molar-refractivity contribution in [1.82, 2.24) is 5.32 Å². The molecule has 0 aromatic heterocycles. The van der Waals surface area contributed by atoms with E-state index in [0.717, 1.165) is 22.5 Å². The summed E-state index contributed by atoms with van der Waals surface area (Å²) in [6.45, 7) is 5.22. The monoisotopic (exact) mass is 351 g/mol. The number of hydrogen-bond acceptors (Lipinski definition) is 1. The van der Waals surface area contributed by atoms with Crippen molar-refractivity contribution >= 4 is 27.5 Å². The quantitative estimate of drug-likeness (QED) is 0.763. The number of benzene rings is 2. The van der Waals surface area contributed by atoms with E-state index >= 15 is 0 Å². The Bertz CT molecular complexity index is 583. The molecule has 0 fully saturated rings. The zero-order valence-corrected chi connectivity index (χ0v) is 14.1. The second-order valence-corrected chi connectivity index (χ2v) is 6.05. The second kappa shape index (κ2) is 7.26. The molecule has 1 unspecified atom stereocenters. The molecule has 0 radical (unpaired) electrons. The van der Waals surface area contributed by atoms with Gasteiger partial charge in [-0.05, 0) is 41.8 Å². The van der Waals surface area contributed by atoms with E-state index < -0.39 is 0 Å². The van der Waals surface area contributed by atoms with Gasteiger partial charge in [-0.1, -0.05) is 71.7 Å². The molecule has 106 valence electrons. The average Bonchev–Trinajstić information content (AvgIpc) is 2.45. The van der Waals surface area contributed by atoms with Crippen LogP contribution in [-0.2, 0) is 6.42 Å². The highest BCUT2D eigenvalue weighted by molar-refractivity contribution is 9.10. The highest BCUT2D eigenvalue weighted by Crippen LogP contribution is 2.31. The van der Waals surface area contributed by atoms with Crippen molar-refractivity contribution in [2.24, 2.45) is 0 Å². The number of aryl methyl sites for hydroxylation is 1. The van der Waals surface area contributed by atoms with Gasteiger partial charge in [-0.25, -0.2) is 0 Å². The van der Waals surface area contributed by atoms with Crippen LogP contribution in [-0.4, -0.2) is 6.54 Å². The lowest BCUT2D eigenvalue weighted by atomic mass is 9.96. The topological polar surface area (TPSA) is 12.0 Å². The first-order valence-corrected chi connectivity index (χ1v) is 8.10. The normalized spacial score (nSPS) is 12.4. The van der Waals surface area contributed by atoms with Crippen molar-refractivity contribution < 1.29 is 0 Å². The maximum Gasteiger partial charge on any atom is 0.0587 e. The first-order valence-electron chi connectivity index (χ1n) is 6.92. The molecular formula is C17H19BrClN. The molecule has 20 heavy (non-hydrogen) atoms. The van der Waals surface area contributed by atoms with E-state index in [2.05, 4.69) is 65.4 Å². The number of nitrogens with one attached hydrogen (secondary N) is 1. The summed E-state index contributed by atoms with van der Waals surface area (Å²) < 4.78 is 1.04. The summed E-state index contributed by atoms with van der Waals surface area (Å²) in [5.74, 6) is 0. The highest BCUT2D eigenvalue weighted by Gasteiger charge is 2.16. The Hall–Kier alpha value is -0.830. The van der Waals surface area contributed by atoms with Crippen molar-refractivity contribution in [1.29, 1.82) is 0 Å². The van der Waals surface area contributed by atoms with Crippen LogP contribution in [0.2, 0.25) is 5.02 Å². The fraction of sp³-hybridized carbons (Fsp3) is 0.294. The molecule has 0 aliphatic carbocycles. The van der Waals surface area contributed by atoms with E-state index in [4.69, 9.17) is 11.6 Å². The van der Waals surface area contributed by atoms with Crippen LogP contribution in [0.3, 0.4) is 0 Å². The largest absolute Gasteiger partial charge is 0.306 e. The van der Waals surface area contributed by atoms with Gasteiger partial charge in [0.2, 0.25) is 0 Å². The molecule has 0 heterocycles. The van der Waals surface area contributed by atoms with E-state index in [1.54, 1.807) is 0 Å². The van der Waals surface area contributed by atoms with Gasteiger partial charge in [-0.3, -0.25) is 0 Å². The van der Waals surface area contributed by atoms with E-state index in [1.165, 1.54) is 16.7 Å². The van der Waals surface area contributed by atoms with Gasteiger partial charge < -0.3 is 5.32 Å². The first-order chi connectivity index (χ1) is 9.65. The predicted octanol–water partition coefficient (Wildman–Crippen LogP) is 5.36. The van der Waals surface area contributed by atoms with Crippen LogP contribution in [0.25, 0.3) is 0 Å². The zero-order chi connectivity index (χ0) is 14.5. The summed E-state index contributed by atoms with van der Waals surface area (Å²) in [6, 6.07) is 14.9. The Labute approximate surface area is 134 Å². The summed E-state index contributed by atoms with van der Waals surface area (Å²) in [5.41, 5.74) is 3.86. The first kappa shape index (κ1) is 15.6. The minimum atomic E-state index is 0.179. The molecule has 1 N–H and O–H groups in total. The third-order valence-electron chi connectivity index (χ3n) is 3.37. The fourth-order valence-electron chi connectivity index (χ4n) is 2.34. The molecule has 0 bridgehead atoms. The van der Waals surface area contributed by atoms with Gasteiger partial charge in [0.25, 0.3) is 0 Å². The van der Waals surface area contributed by atoms with Crippen LogP contribution >= 0.6 is 27.5 Å². The Morgan fingerprint density at radius 2 is 1.95 bits per heavy atom. The van der Waals surface area contributed by atoms with Crippen LogP contribution in [0, 0.1) is 0 Å². The Morgan fingerprint density at radius 1 is 1.15 bits per heavy atom. The molecule has 2 aromatic carbocycles. The van der Waals surface area contributed by atoms with Crippen LogP contribution in [0.5, 0.6) is 0 Å². The van der Waals surface area contributed by atoms with Gasteiger partial charge in [-0.2, -0.15) is 0 Å². The Balaban J connectivity index is 2.44. The SMILES string of the molecule is CCNC(c1cccc(CC)c1)c1ccc(Cl)cc1Br. The van der Waals surface area contributed by atoms with E-state index in [0.29, 0.717) is 0 Å². The van der Waals surface area contributed by atoms with Crippen molar-refractivity contribution in [3.63, 3.8) is 0 Å². The molecule has 1 atom stereocenters. The summed E-state index contributed by atoms with van der Waals surface area (Å²) in [6.07, 6.45) is 1.05. The Kier molecular flexibility index (Phi) is 5.64. The van der Waals surface area contributed by atoms with E-state index in [1.807, 2.05) is 12.1 Å².